The fraction of sp³-hybridized carbons (Fsp3) is 0.588. The normalized spacial score (nSPS) is 17.1. The van der Waals surface area contributed by atoms with Crippen LogP contribution in [-0.4, -0.2) is 55.0 Å². The molecule has 0 radical (unpaired) electrons. The third-order valence-corrected chi connectivity index (χ3v) is 4.14. The Hall–Kier alpha value is -1.39. The van der Waals surface area contributed by atoms with Crippen LogP contribution in [0.15, 0.2) is 24.3 Å². The summed E-state index contributed by atoms with van der Waals surface area (Å²) in [5, 5.41) is 3.07. The molecule has 1 N–H and O–H groups in total. The summed E-state index contributed by atoms with van der Waals surface area (Å²) >= 11 is 0. The molecule has 0 unspecified atom stereocenters. The first kappa shape index (κ1) is 16.0. The number of hydrogen-bond donors (Lipinski definition) is 1. The van der Waals surface area contributed by atoms with Gasteiger partial charge in [0.2, 0.25) is 5.91 Å². The molecule has 0 bridgehead atoms. The predicted octanol–water partition coefficient (Wildman–Crippen LogP) is 2.39. The van der Waals surface area contributed by atoms with Crippen molar-refractivity contribution in [2.24, 2.45) is 0 Å². The Morgan fingerprint density at radius 3 is 2.38 bits per heavy atom. The molecule has 0 atom stereocenters. The first-order valence-electron chi connectivity index (χ1n) is 7.93. The Bertz CT molecular complexity index is 465. The average molecular weight is 289 g/mol. The number of hydrogen-bond acceptors (Lipinski definition) is 3. The minimum absolute atomic E-state index is 0.0908. The van der Waals surface area contributed by atoms with Crippen LogP contribution in [0, 0.1) is 0 Å². The highest BCUT2D eigenvalue weighted by molar-refractivity contribution is 5.93. The summed E-state index contributed by atoms with van der Waals surface area (Å²) in [6.07, 6.45) is 0. The highest BCUT2D eigenvalue weighted by Crippen LogP contribution is 2.23. The van der Waals surface area contributed by atoms with Gasteiger partial charge in [0, 0.05) is 31.9 Å². The van der Waals surface area contributed by atoms with Gasteiger partial charge in [-0.1, -0.05) is 39.0 Å². The van der Waals surface area contributed by atoms with Gasteiger partial charge in [0.1, 0.15) is 0 Å². The molecule has 0 aliphatic carbocycles. The van der Waals surface area contributed by atoms with E-state index in [0.717, 1.165) is 38.4 Å². The van der Waals surface area contributed by atoms with Crippen LogP contribution in [0.25, 0.3) is 0 Å². The number of rotatable bonds is 5. The van der Waals surface area contributed by atoms with E-state index in [1.165, 1.54) is 5.56 Å². The summed E-state index contributed by atoms with van der Waals surface area (Å²) in [7, 11) is 0. The molecular weight excluding hydrogens is 262 g/mol. The highest BCUT2D eigenvalue weighted by Gasteiger charge is 2.18. The number of carbonyl (C=O) groups excluding carboxylic acids is 1. The molecule has 1 saturated heterocycles. The molecule has 0 spiro atoms. The molecule has 116 valence electrons. The lowest BCUT2D eigenvalue weighted by Gasteiger charge is -2.33. The second-order valence-corrected chi connectivity index (χ2v) is 6.00. The average Bonchev–Trinajstić information content (AvgIpc) is 2.48. The number of nitrogens with zero attached hydrogens (tertiary/aromatic N) is 2. The SMILES string of the molecule is CCN1CCN(CC(=O)Nc2ccccc2C(C)C)CC1. The zero-order valence-electron chi connectivity index (χ0n) is 13.4. The number of amides is 1. The molecule has 0 saturated carbocycles. The van der Waals surface area contributed by atoms with E-state index in [4.69, 9.17) is 0 Å². The Morgan fingerprint density at radius 2 is 1.76 bits per heavy atom. The lowest BCUT2D eigenvalue weighted by molar-refractivity contribution is -0.117. The smallest absolute Gasteiger partial charge is 0.238 e. The minimum Gasteiger partial charge on any atom is -0.325 e. The van der Waals surface area contributed by atoms with Crippen molar-refractivity contribution in [3.05, 3.63) is 29.8 Å². The van der Waals surface area contributed by atoms with Crippen LogP contribution in [0.2, 0.25) is 0 Å². The first-order chi connectivity index (χ1) is 10.1. The molecule has 2 rings (SSSR count). The van der Waals surface area contributed by atoms with Crippen molar-refractivity contribution in [2.75, 3.05) is 44.6 Å². The zero-order chi connectivity index (χ0) is 15.2. The molecule has 1 aliphatic rings. The number of nitrogens with one attached hydrogen (secondary N) is 1. The molecule has 1 aliphatic heterocycles. The molecule has 21 heavy (non-hydrogen) atoms. The van der Waals surface area contributed by atoms with Gasteiger partial charge in [-0.25, -0.2) is 0 Å². The summed E-state index contributed by atoms with van der Waals surface area (Å²) in [5.74, 6) is 0.502. The van der Waals surface area contributed by atoms with Crippen molar-refractivity contribution < 1.29 is 4.79 Å². The van der Waals surface area contributed by atoms with Crippen LogP contribution >= 0.6 is 0 Å². The van der Waals surface area contributed by atoms with E-state index in [1.807, 2.05) is 18.2 Å². The lowest BCUT2D eigenvalue weighted by atomic mass is 10.0. The highest BCUT2D eigenvalue weighted by atomic mass is 16.2. The summed E-state index contributed by atoms with van der Waals surface area (Å²) in [4.78, 5) is 16.9. The van der Waals surface area contributed by atoms with E-state index >= 15 is 0 Å². The van der Waals surface area contributed by atoms with Crippen molar-refractivity contribution in [1.82, 2.24) is 9.80 Å². The largest absolute Gasteiger partial charge is 0.325 e. The summed E-state index contributed by atoms with van der Waals surface area (Å²) in [5.41, 5.74) is 2.14. The standard InChI is InChI=1S/C17H27N3O/c1-4-19-9-11-20(12-10-19)13-17(21)18-16-8-6-5-7-15(16)14(2)3/h5-8,14H,4,9-13H2,1-3H3,(H,18,21). The van der Waals surface area contributed by atoms with Crippen molar-refractivity contribution in [3.63, 3.8) is 0 Å². The van der Waals surface area contributed by atoms with Crippen molar-refractivity contribution in [3.8, 4) is 0 Å². The molecule has 1 amide bonds. The maximum absolute atomic E-state index is 12.2. The van der Waals surface area contributed by atoms with Crippen molar-refractivity contribution >= 4 is 11.6 Å². The van der Waals surface area contributed by atoms with Crippen LogP contribution in [0.1, 0.15) is 32.3 Å². The van der Waals surface area contributed by atoms with Crippen LogP contribution in [0.5, 0.6) is 0 Å². The van der Waals surface area contributed by atoms with Crippen molar-refractivity contribution in [1.29, 1.82) is 0 Å². The maximum atomic E-state index is 12.2. The molecular formula is C17H27N3O. The van der Waals surface area contributed by atoms with Crippen molar-refractivity contribution in [2.45, 2.75) is 26.7 Å². The van der Waals surface area contributed by atoms with Crippen LogP contribution < -0.4 is 5.32 Å². The molecule has 0 aromatic heterocycles. The van der Waals surface area contributed by atoms with E-state index in [2.05, 4.69) is 42.0 Å². The Morgan fingerprint density at radius 1 is 1.14 bits per heavy atom. The topological polar surface area (TPSA) is 35.6 Å². The molecule has 1 aromatic carbocycles. The fourth-order valence-corrected chi connectivity index (χ4v) is 2.77. The molecule has 4 nitrogen and oxygen atoms in total. The number of piperazine rings is 1. The molecule has 4 heteroatoms. The van der Waals surface area contributed by atoms with Gasteiger partial charge in [-0.3, -0.25) is 9.69 Å². The molecule has 1 aromatic rings. The Labute approximate surface area is 128 Å². The maximum Gasteiger partial charge on any atom is 0.238 e. The van der Waals surface area contributed by atoms with Gasteiger partial charge in [0.25, 0.3) is 0 Å². The van der Waals surface area contributed by atoms with E-state index in [9.17, 15) is 4.79 Å². The van der Waals surface area contributed by atoms with Gasteiger partial charge in [0.05, 0.1) is 6.54 Å². The van der Waals surface area contributed by atoms with Gasteiger partial charge >= 0.3 is 0 Å². The quantitative estimate of drug-likeness (QED) is 0.904. The number of anilines is 1. The number of carbonyl (C=O) groups is 1. The second kappa shape index (κ2) is 7.57. The van der Waals surface area contributed by atoms with E-state index < -0.39 is 0 Å². The van der Waals surface area contributed by atoms with Gasteiger partial charge in [-0.05, 0) is 24.1 Å². The third kappa shape index (κ3) is 4.55. The first-order valence-corrected chi connectivity index (χ1v) is 7.93. The Kier molecular flexibility index (Phi) is 5.76. The monoisotopic (exact) mass is 289 g/mol. The number of likely N-dealkylation sites (N-methyl/N-ethyl adjacent to an activating group) is 1. The number of para-hydroxylation sites is 1. The van der Waals surface area contributed by atoms with Gasteiger partial charge in [0.15, 0.2) is 0 Å². The number of benzene rings is 1. The Balaban J connectivity index is 1.88. The lowest BCUT2D eigenvalue weighted by Crippen LogP contribution is -2.48. The van der Waals surface area contributed by atoms with Crippen LogP contribution in [0.4, 0.5) is 5.69 Å². The van der Waals surface area contributed by atoms with Crippen LogP contribution in [-0.2, 0) is 4.79 Å². The van der Waals surface area contributed by atoms with Crippen LogP contribution in [0.3, 0.4) is 0 Å². The predicted molar refractivity (Wildman–Crippen MR) is 87.7 cm³/mol. The van der Waals surface area contributed by atoms with Gasteiger partial charge in [-0.2, -0.15) is 0 Å². The fourth-order valence-electron chi connectivity index (χ4n) is 2.77. The second-order valence-electron chi connectivity index (χ2n) is 6.00. The summed E-state index contributed by atoms with van der Waals surface area (Å²) in [6.45, 7) is 12.2. The summed E-state index contributed by atoms with van der Waals surface area (Å²) < 4.78 is 0. The minimum atomic E-state index is 0.0908. The van der Waals surface area contributed by atoms with Gasteiger partial charge in [-0.15, -0.1) is 0 Å². The van der Waals surface area contributed by atoms with E-state index in [0.29, 0.717) is 12.5 Å². The third-order valence-electron chi connectivity index (χ3n) is 4.14. The van der Waals surface area contributed by atoms with E-state index in [-0.39, 0.29) is 5.91 Å². The summed E-state index contributed by atoms with van der Waals surface area (Å²) in [6, 6.07) is 8.07. The van der Waals surface area contributed by atoms with Gasteiger partial charge < -0.3 is 10.2 Å². The molecule has 1 heterocycles. The van der Waals surface area contributed by atoms with E-state index in [1.54, 1.807) is 0 Å². The molecule has 1 fully saturated rings. The zero-order valence-corrected chi connectivity index (χ0v) is 13.4.